The van der Waals surface area contributed by atoms with Crippen molar-refractivity contribution in [3.8, 4) is 0 Å². The van der Waals surface area contributed by atoms with Crippen molar-refractivity contribution < 1.29 is 4.79 Å². The molecular formula is C27H53N3O. The van der Waals surface area contributed by atoms with Crippen molar-refractivity contribution >= 4 is 6.29 Å². The molecule has 2 saturated heterocycles. The Morgan fingerprint density at radius 1 is 0.806 bits per heavy atom. The van der Waals surface area contributed by atoms with Gasteiger partial charge >= 0.3 is 0 Å². The molecular weight excluding hydrogens is 382 g/mol. The summed E-state index contributed by atoms with van der Waals surface area (Å²) in [5.41, 5.74) is 0.159. The Balaban J connectivity index is 1.92. The summed E-state index contributed by atoms with van der Waals surface area (Å²) in [6.45, 7) is 29.3. The number of likely N-dealkylation sites (tertiary alicyclic amines) is 1. The first-order chi connectivity index (χ1) is 14.3. The highest BCUT2D eigenvalue weighted by Crippen LogP contribution is 2.45. The Hall–Kier alpha value is -0.450. The summed E-state index contributed by atoms with van der Waals surface area (Å²) < 4.78 is 0. The van der Waals surface area contributed by atoms with Gasteiger partial charge in [-0.15, -0.1) is 0 Å². The number of hydrogen-bond acceptors (Lipinski definition) is 4. The highest BCUT2D eigenvalue weighted by molar-refractivity contribution is 5.60. The van der Waals surface area contributed by atoms with E-state index in [4.69, 9.17) is 0 Å². The second kappa shape index (κ2) is 10.2. The Morgan fingerprint density at radius 3 is 1.84 bits per heavy atom. The second-order valence-electron chi connectivity index (χ2n) is 12.8. The quantitative estimate of drug-likeness (QED) is 0.434. The molecule has 2 aliphatic rings. The molecule has 0 aromatic heterocycles. The van der Waals surface area contributed by atoms with E-state index in [2.05, 4.69) is 77.0 Å². The van der Waals surface area contributed by atoms with E-state index in [1.54, 1.807) is 0 Å². The lowest BCUT2D eigenvalue weighted by atomic mass is 9.66. The normalized spacial score (nSPS) is 22.1. The first-order valence-corrected chi connectivity index (χ1v) is 13.0. The summed E-state index contributed by atoms with van der Waals surface area (Å²) in [6.07, 6.45) is 7.51. The minimum Gasteiger partial charge on any atom is -0.303 e. The number of rotatable bonds is 10. The van der Waals surface area contributed by atoms with Gasteiger partial charge in [-0.2, -0.15) is 0 Å². The maximum Gasteiger partial charge on any atom is 0.127 e. The molecule has 0 aromatic rings. The molecule has 0 aromatic carbocycles. The van der Waals surface area contributed by atoms with E-state index in [0.717, 1.165) is 25.3 Å². The van der Waals surface area contributed by atoms with Crippen LogP contribution in [0.4, 0.5) is 0 Å². The number of carbonyl (C=O) groups is 1. The molecule has 0 radical (unpaired) electrons. The van der Waals surface area contributed by atoms with Gasteiger partial charge in [-0.05, 0) is 84.3 Å². The number of unbranched alkanes of at least 4 members (excludes halogenated alkanes) is 1. The molecule has 0 aliphatic carbocycles. The fourth-order valence-corrected chi connectivity index (χ4v) is 6.10. The predicted octanol–water partition coefficient (Wildman–Crippen LogP) is 5.31. The Kier molecular flexibility index (Phi) is 8.83. The number of nitrogens with zero attached hydrogens (tertiary/aromatic N) is 3. The highest BCUT2D eigenvalue weighted by atomic mass is 16.1. The van der Waals surface area contributed by atoms with Gasteiger partial charge in [0.2, 0.25) is 0 Å². The minimum absolute atomic E-state index is 0.0966. The van der Waals surface area contributed by atoms with Crippen molar-refractivity contribution in [2.45, 2.75) is 105 Å². The molecule has 2 rings (SSSR count). The molecule has 182 valence electrons. The zero-order chi connectivity index (χ0) is 23.5. The summed E-state index contributed by atoms with van der Waals surface area (Å²) >= 11 is 0. The summed E-state index contributed by atoms with van der Waals surface area (Å²) in [6, 6.07) is 0. The van der Waals surface area contributed by atoms with Crippen LogP contribution in [-0.4, -0.2) is 77.9 Å². The van der Waals surface area contributed by atoms with Gasteiger partial charge in [-0.3, -0.25) is 9.80 Å². The molecule has 0 spiro atoms. The SMILES string of the molecule is CCCCN1CCN(C(C)(C)CC(C)(C)C2CCN(C(C)(C)C(C)(C)C=O)CC2)CC1. The van der Waals surface area contributed by atoms with E-state index in [0.29, 0.717) is 5.41 Å². The van der Waals surface area contributed by atoms with Crippen molar-refractivity contribution in [3.63, 3.8) is 0 Å². The third kappa shape index (κ3) is 6.32. The lowest BCUT2D eigenvalue weighted by Gasteiger charge is -2.53. The molecule has 4 nitrogen and oxygen atoms in total. The van der Waals surface area contributed by atoms with Crippen LogP contribution in [0.25, 0.3) is 0 Å². The molecule has 31 heavy (non-hydrogen) atoms. The van der Waals surface area contributed by atoms with Crippen LogP contribution in [0.3, 0.4) is 0 Å². The van der Waals surface area contributed by atoms with Crippen LogP contribution >= 0.6 is 0 Å². The van der Waals surface area contributed by atoms with Crippen molar-refractivity contribution in [1.82, 2.24) is 14.7 Å². The molecule has 4 heteroatoms. The number of piperidine rings is 1. The topological polar surface area (TPSA) is 26.8 Å². The maximum absolute atomic E-state index is 11.7. The van der Waals surface area contributed by atoms with Gasteiger partial charge in [0.15, 0.2) is 0 Å². The van der Waals surface area contributed by atoms with Gasteiger partial charge in [0, 0.05) is 42.7 Å². The molecule has 0 saturated carbocycles. The lowest BCUT2D eigenvalue weighted by Crippen LogP contribution is -2.58. The standard InChI is InChI=1S/C27H53N3O/c1-10-11-14-28-17-19-29(20-18-28)26(6,7)21-24(2,3)23-12-15-30(16-13-23)27(8,9)25(4,5)22-31/h22-23H,10-21H2,1-9H3. The van der Waals surface area contributed by atoms with Gasteiger partial charge < -0.3 is 9.69 Å². The van der Waals surface area contributed by atoms with Crippen LogP contribution in [0.2, 0.25) is 0 Å². The van der Waals surface area contributed by atoms with E-state index in [9.17, 15) is 4.79 Å². The van der Waals surface area contributed by atoms with E-state index in [-0.39, 0.29) is 16.5 Å². The van der Waals surface area contributed by atoms with Crippen LogP contribution in [0.1, 0.15) is 94.4 Å². The van der Waals surface area contributed by atoms with E-state index >= 15 is 0 Å². The van der Waals surface area contributed by atoms with Crippen LogP contribution in [0.15, 0.2) is 0 Å². The first kappa shape index (κ1) is 26.8. The van der Waals surface area contributed by atoms with Gasteiger partial charge in [0.25, 0.3) is 0 Å². The van der Waals surface area contributed by atoms with Crippen LogP contribution in [-0.2, 0) is 4.79 Å². The molecule has 2 heterocycles. The highest BCUT2D eigenvalue weighted by Gasteiger charge is 2.45. The van der Waals surface area contributed by atoms with Crippen molar-refractivity contribution in [3.05, 3.63) is 0 Å². The van der Waals surface area contributed by atoms with Crippen LogP contribution in [0.5, 0.6) is 0 Å². The zero-order valence-corrected chi connectivity index (χ0v) is 22.4. The van der Waals surface area contributed by atoms with Gasteiger partial charge in [0.05, 0.1) is 0 Å². The van der Waals surface area contributed by atoms with E-state index < -0.39 is 0 Å². The van der Waals surface area contributed by atoms with Gasteiger partial charge in [-0.1, -0.05) is 41.0 Å². The number of hydrogen-bond donors (Lipinski definition) is 0. The fourth-order valence-electron chi connectivity index (χ4n) is 6.10. The summed E-state index contributed by atoms with van der Waals surface area (Å²) in [5.74, 6) is 0.754. The summed E-state index contributed by atoms with van der Waals surface area (Å²) in [5, 5.41) is 0. The predicted molar refractivity (Wildman–Crippen MR) is 134 cm³/mol. The third-order valence-electron chi connectivity index (χ3n) is 9.21. The molecule has 0 amide bonds. The van der Waals surface area contributed by atoms with Crippen molar-refractivity contribution in [1.29, 1.82) is 0 Å². The average Bonchev–Trinajstić information content (AvgIpc) is 2.71. The van der Waals surface area contributed by atoms with Crippen LogP contribution in [0, 0.1) is 16.7 Å². The molecule has 0 bridgehead atoms. The monoisotopic (exact) mass is 435 g/mol. The molecule has 2 fully saturated rings. The van der Waals surface area contributed by atoms with E-state index in [1.165, 1.54) is 64.8 Å². The fraction of sp³-hybridized carbons (Fsp3) is 0.963. The zero-order valence-electron chi connectivity index (χ0n) is 22.4. The second-order valence-corrected chi connectivity index (χ2v) is 12.8. The minimum atomic E-state index is -0.323. The Labute approximate surface area is 194 Å². The Morgan fingerprint density at radius 2 is 1.35 bits per heavy atom. The third-order valence-corrected chi connectivity index (χ3v) is 9.21. The largest absolute Gasteiger partial charge is 0.303 e. The van der Waals surface area contributed by atoms with Crippen molar-refractivity contribution in [2.24, 2.45) is 16.7 Å². The molecule has 0 atom stereocenters. The summed E-state index contributed by atoms with van der Waals surface area (Å²) in [4.78, 5) is 19.7. The van der Waals surface area contributed by atoms with Gasteiger partial charge in [0.1, 0.15) is 6.29 Å². The van der Waals surface area contributed by atoms with Gasteiger partial charge in [-0.25, -0.2) is 0 Å². The molecule has 2 aliphatic heterocycles. The summed E-state index contributed by atoms with van der Waals surface area (Å²) in [7, 11) is 0. The number of piperazine rings is 1. The first-order valence-electron chi connectivity index (χ1n) is 13.0. The lowest BCUT2D eigenvalue weighted by molar-refractivity contribution is -0.123. The smallest absolute Gasteiger partial charge is 0.127 e. The molecule has 0 unspecified atom stereocenters. The molecule has 0 N–H and O–H groups in total. The number of carbonyl (C=O) groups excluding carboxylic acids is 1. The van der Waals surface area contributed by atoms with Crippen LogP contribution < -0.4 is 0 Å². The number of aldehydes is 1. The maximum atomic E-state index is 11.7. The van der Waals surface area contributed by atoms with E-state index in [1.807, 2.05) is 0 Å². The van der Waals surface area contributed by atoms with Crippen molar-refractivity contribution in [2.75, 3.05) is 45.8 Å². The Bertz CT molecular complexity index is 565. The average molecular weight is 436 g/mol.